The minimum absolute atomic E-state index is 0.0491. The van der Waals surface area contributed by atoms with Crippen LogP contribution in [0, 0.1) is 11.6 Å². The monoisotopic (exact) mass is 268 g/mol. The smallest absolute Gasteiger partial charge is 0.345 e. The van der Waals surface area contributed by atoms with Crippen LogP contribution in [0.5, 0.6) is 11.5 Å². The minimum Gasteiger partial charge on any atom is -0.507 e. The highest BCUT2D eigenvalue weighted by Crippen LogP contribution is 2.36. The highest BCUT2D eigenvalue weighted by Gasteiger charge is 2.21. The highest BCUT2D eigenvalue weighted by molar-refractivity contribution is 6.04. The Bertz CT molecular complexity index is 667. The molecule has 0 radical (unpaired) electrons. The third kappa shape index (κ3) is 2.16. The van der Waals surface area contributed by atoms with Crippen molar-refractivity contribution in [3.63, 3.8) is 0 Å². The van der Waals surface area contributed by atoms with E-state index >= 15 is 0 Å². The third-order valence-corrected chi connectivity index (χ3v) is 2.61. The largest absolute Gasteiger partial charge is 0.507 e. The lowest BCUT2D eigenvalue weighted by Gasteiger charge is -2.10. The fourth-order valence-electron chi connectivity index (χ4n) is 1.77. The number of halogens is 2. The van der Waals surface area contributed by atoms with Crippen LogP contribution >= 0.6 is 0 Å². The lowest BCUT2D eigenvalue weighted by molar-refractivity contribution is 0.0520. The molecule has 0 aliphatic heterocycles. The van der Waals surface area contributed by atoms with Gasteiger partial charge >= 0.3 is 5.97 Å². The Morgan fingerprint density at radius 1 is 1.21 bits per heavy atom. The number of esters is 1. The molecule has 2 rings (SSSR count). The molecule has 0 saturated heterocycles. The third-order valence-electron chi connectivity index (χ3n) is 2.61. The Labute approximate surface area is 106 Å². The first-order chi connectivity index (χ1) is 8.95. The summed E-state index contributed by atoms with van der Waals surface area (Å²) in [6.07, 6.45) is 0. The van der Waals surface area contributed by atoms with Crippen molar-refractivity contribution in [2.75, 3.05) is 6.61 Å². The van der Waals surface area contributed by atoms with Crippen molar-refractivity contribution in [3.05, 3.63) is 35.4 Å². The summed E-state index contributed by atoms with van der Waals surface area (Å²) in [6.45, 7) is 1.61. The lowest BCUT2D eigenvalue weighted by atomic mass is 10.0. The van der Waals surface area contributed by atoms with Crippen molar-refractivity contribution < 1.29 is 28.5 Å². The maximum Gasteiger partial charge on any atom is 0.345 e. The Kier molecular flexibility index (Phi) is 3.25. The second-order valence-corrected chi connectivity index (χ2v) is 3.83. The van der Waals surface area contributed by atoms with Crippen molar-refractivity contribution in [1.82, 2.24) is 0 Å². The summed E-state index contributed by atoms with van der Waals surface area (Å²) in [6, 6.07) is 2.63. The van der Waals surface area contributed by atoms with Gasteiger partial charge in [0.15, 0.2) is 11.6 Å². The molecule has 0 aromatic heterocycles. The SMILES string of the molecule is CCOC(=O)c1c(O)cc2cc(F)c(F)cc2c1O. The Balaban J connectivity index is 2.74. The molecule has 6 heteroatoms. The van der Waals surface area contributed by atoms with E-state index < -0.39 is 34.7 Å². The molecular formula is C13H10F2O4. The molecule has 0 saturated carbocycles. The Morgan fingerprint density at radius 3 is 2.47 bits per heavy atom. The summed E-state index contributed by atoms with van der Waals surface area (Å²) in [4.78, 5) is 11.6. The first-order valence-corrected chi connectivity index (χ1v) is 5.46. The molecule has 4 nitrogen and oxygen atoms in total. The van der Waals surface area contributed by atoms with E-state index in [0.717, 1.165) is 18.2 Å². The van der Waals surface area contributed by atoms with Crippen molar-refractivity contribution in [1.29, 1.82) is 0 Å². The molecule has 0 atom stereocenters. The number of carbonyl (C=O) groups excluding carboxylic acids is 1. The molecule has 0 bridgehead atoms. The van der Waals surface area contributed by atoms with Gasteiger partial charge in [0, 0.05) is 5.39 Å². The van der Waals surface area contributed by atoms with E-state index in [1.54, 1.807) is 6.92 Å². The number of fused-ring (bicyclic) bond motifs is 1. The second kappa shape index (κ2) is 4.72. The van der Waals surface area contributed by atoms with Gasteiger partial charge in [-0.15, -0.1) is 0 Å². The van der Waals surface area contributed by atoms with E-state index in [2.05, 4.69) is 4.74 Å². The molecule has 2 N–H and O–H groups in total. The number of aromatic hydroxyl groups is 2. The molecule has 100 valence electrons. The summed E-state index contributed by atoms with van der Waals surface area (Å²) in [5.74, 6) is -4.43. The van der Waals surface area contributed by atoms with Crippen LogP contribution in [0.25, 0.3) is 10.8 Å². The van der Waals surface area contributed by atoms with Crippen LogP contribution in [0.3, 0.4) is 0 Å². The first-order valence-electron chi connectivity index (χ1n) is 5.46. The van der Waals surface area contributed by atoms with Gasteiger partial charge in [-0.3, -0.25) is 0 Å². The summed E-state index contributed by atoms with van der Waals surface area (Å²) in [5, 5.41) is 19.6. The van der Waals surface area contributed by atoms with Gasteiger partial charge in [-0.1, -0.05) is 0 Å². The van der Waals surface area contributed by atoms with Gasteiger partial charge in [0.1, 0.15) is 17.1 Å². The van der Waals surface area contributed by atoms with Gasteiger partial charge in [-0.25, -0.2) is 13.6 Å². The minimum atomic E-state index is -1.16. The zero-order valence-corrected chi connectivity index (χ0v) is 9.91. The van der Waals surface area contributed by atoms with Gasteiger partial charge in [0.05, 0.1) is 6.61 Å². The van der Waals surface area contributed by atoms with Gasteiger partial charge in [-0.05, 0) is 30.5 Å². The van der Waals surface area contributed by atoms with Crippen LogP contribution in [0.4, 0.5) is 8.78 Å². The number of ether oxygens (including phenoxy) is 1. The molecule has 19 heavy (non-hydrogen) atoms. The van der Waals surface area contributed by atoms with Crippen LogP contribution < -0.4 is 0 Å². The Hall–Kier alpha value is -2.37. The van der Waals surface area contributed by atoms with Crippen molar-refractivity contribution in [2.45, 2.75) is 6.92 Å². The average Bonchev–Trinajstić information content (AvgIpc) is 2.32. The van der Waals surface area contributed by atoms with Crippen molar-refractivity contribution in [3.8, 4) is 11.5 Å². The molecule has 2 aromatic rings. The summed E-state index contributed by atoms with van der Waals surface area (Å²) >= 11 is 0. The van der Waals surface area contributed by atoms with E-state index in [1.165, 1.54) is 0 Å². The molecule has 0 aliphatic carbocycles. The number of phenolic OH excluding ortho intramolecular Hbond substituents is 2. The Morgan fingerprint density at radius 2 is 1.84 bits per heavy atom. The van der Waals surface area contributed by atoms with E-state index in [1.807, 2.05) is 0 Å². The predicted octanol–water partition coefficient (Wildman–Crippen LogP) is 2.71. The number of phenols is 2. The maximum absolute atomic E-state index is 13.1. The van der Waals surface area contributed by atoms with Crippen molar-refractivity contribution >= 4 is 16.7 Å². The summed E-state index contributed by atoms with van der Waals surface area (Å²) in [5.41, 5.74) is -0.472. The lowest BCUT2D eigenvalue weighted by Crippen LogP contribution is -2.05. The van der Waals surface area contributed by atoms with Crippen LogP contribution in [0.1, 0.15) is 17.3 Å². The van der Waals surface area contributed by atoms with Crippen LogP contribution in [0.15, 0.2) is 18.2 Å². The number of carbonyl (C=O) groups is 1. The molecule has 0 spiro atoms. The van der Waals surface area contributed by atoms with Crippen LogP contribution in [0.2, 0.25) is 0 Å². The molecule has 0 aliphatic rings. The number of benzene rings is 2. The normalized spacial score (nSPS) is 10.7. The molecular weight excluding hydrogens is 258 g/mol. The fraction of sp³-hybridized carbons (Fsp3) is 0.154. The van der Waals surface area contributed by atoms with Crippen LogP contribution in [-0.4, -0.2) is 22.8 Å². The second-order valence-electron chi connectivity index (χ2n) is 3.83. The number of hydrogen-bond acceptors (Lipinski definition) is 4. The molecule has 0 fully saturated rings. The van der Waals surface area contributed by atoms with Gasteiger partial charge in [0.2, 0.25) is 0 Å². The zero-order chi connectivity index (χ0) is 14.2. The summed E-state index contributed by atoms with van der Waals surface area (Å²) in [7, 11) is 0. The number of rotatable bonds is 2. The summed E-state index contributed by atoms with van der Waals surface area (Å²) < 4.78 is 30.9. The van der Waals surface area contributed by atoms with E-state index in [-0.39, 0.29) is 17.4 Å². The zero-order valence-electron chi connectivity index (χ0n) is 9.91. The van der Waals surface area contributed by atoms with Gasteiger partial charge in [-0.2, -0.15) is 0 Å². The molecule has 2 aromatic carbocycles. The standard InChI is InChI=1S/C13H10F2O4/c1-2-19-13(18)11-10(16)4-6-3-8(14)9(15)5-7(6)12(11)17/h3-5,16-17H,2H2,1H3. The molecule has 0 unspecified atom stereocenters. The quantitative estimate of drug-likeness (QED) is 0.822. The van der Waals surface area contributed by atoms with E-state index in [4.69, 9.17) is 0 Å². The topological polar surface area (TPSA) is 66.8 Å². The van der Waals surface area contributed by atoms with Gasteiger partial charge < -0.3 is 14.9 Å². The van der Waals surface area contributed by atoms with E-state index in [9.17, 15) is 23.8 Å². The van der Waals surface area contributed by atoms with Gasteiger partial charge in [0.25, 0.3) is 0 Å². The average molecular weight is 268 g/mol. The fourth-order valence-corrected chi connectivity index (χ4v) is 1.77. The maximum atomic E-state index is 13.1. The van der Waals surface area contributed by atoms with Crippen molar-refractivity contribution in [2.24, 2.45) is 0 Å². The first kappa shape index (κ1) is 13.1. The molecule has 0 amide bonds. The predicted molar refractivity (Wildman–Crippen MR) is 63.2 cm³/mol. The molecule has 0 heterocycles. The number of hydrogen-bond donors (Lipinski definition) is 2. The van der Waals surface area contributed by atoms with E-state index in [0.29, 0.717) is 0 Å². The highest BCUT2D eigenvalue weighted by atomic mass is 19.2. The van der Waals surface area contributed by atoms with Crippen LogP contribution in [-0.2, 0) is 4.74 Å².